The summed E-state index contributed by atoms with van der Waals surface area (Å²) in [7, 11) is 1.27. The van der Waals surface area contributed by atoms with Gasteiger partial charge < -0.3 is 24.5 Å². The van der Waals surface area contributed by atoms with Crippen LogP contribution in [-0.2, 0) is 20.8 Å². The molecule has 30 heavy (non-hydrogen) atoms. The number of aryl methyl sites for hydroxylation is 1. The fourth-order valence-electron chi connectivity index (χ4n) is 4.10. The van der Waals surface area contributed by atoms with Crippen LogP contribution in [0.25, 0.3) is 0 Å². The van der Waals surface area contributed by atoms with Gasteiger partial charge in [0.1, 0.15) is 11.3 Å². The number of nitrogens with two attached hydrogens (primary N) is 1. The van der Waals surface area contributed by atoms with Crippen molar-refractivity contribution in [1.82, 2.24) is 4.57 Å². The third-order valence-electron chi connectivity index (χ3n) is 5.59. The summed E-state index contributed by atoms with van der Waals surface area (Å²) in [5, 5.41) is 0.544. The van der Waals surface area contributed by atoms with Crippen molar-refractivity contribution in [3.8, 4) is 5.75 Å². The number of carbonyl (C=O) groups is 1. The van der Waals surface area contributed by atoms with E-state index in [1.54, 1.807) is 34.9 Å². The topological polar surface area (TPSA) is 92.8 Å². The highest BCUT2D eigenvalue weighted by molar-refractivity contribution is 6.30. The molecule has 2 aliphatic rings. The second-order valence-corrected chi connectivity index (χ2v) is 7.91. The van der Waals surface area contributed by atoms with Gasteiger partial charge in [0.05, 0.1) is 31.2 Å². The van der Waals surface area contributed by atoms with E-state index < -0.39 is 11.9 Å². The van der Waals surface area contributed by atoms with Crippen molar-refractivity contribution in [2.75, 3.05) is 13.7 Å². The van der Waals surface area contributed by atoms with Gasteiger partial charge in [-0.05, 0) is 37.5 Å². The van der Waals surface area contributed by atoms with Crippen molar-refractivity contribution < 1.29 is 19.0 Å². The van der Waals surface area contributed by atoms with E-state index in [4.69, 9.17) is 31.5 Å². The minimum absolute atomic E-state index is 0.0152. The van der Waals surface area contributed by atoms with Crippen LogP contribution in [-0.4, -0.2) is 30.4 Å². The molecule has 1 aromatic heterocycles. The standard InChI is InChI=1S/C22H23ClN2O5/c1-12-10-16-18(21(26)25(12)11-15-4-3-9-29-15)17(13-5-7-14(23)8-6-13)19(20(24)30-16)22(27)28-2/h5-8,10,15,17H,3-4,9,11,24H2,1-2H3/t15-,17+/m0/s1. The first-order chi connectivity index (χ1) is 14.4. The van der Waals surface area contributed by atoms with Gasteiger partial charge in [-0.3, -0.25) is 4.79 Å². The second kappa shape index (κ2) is 8.16. The molecule has 158 valence electrons. The summed E-state index contributed by atoms with van der Waals surface area (Å²) in [6, 6.07) is 8.71. The molecule has 0 radical (unpaired) electrons. The van der Waals surface area contributed by atoms with Crippen molar-refractivity contribution in [3.63, 3.8) is 0 Å². The molecule has 0 aliphatic carbocycles. The molecule has 4 rings (SSSR count). The van der Waals surface area contributed by atoms with Crippen LogP contribution in [0.5, 0.6) is 5.75 Å². The third kappa shape index (κ3) is 3.59. The van der Waals surface area contributed by atoms with Gasteiger partial charge in [-0.2, -0.15) is 0 Å². The Balaban J connectivity index is 1.91. The fraction of sp³-hybridized carbons (Fsp3) is 0.364. The predicted octanol–water partition coefficient (Wildman–Crippen LogP) is 2.86. The van der Waals surface area contributed by atoms with E-state index in [0.29, 0.717) is 35.1 Å². The van der Waals surface area contributed by atoms with Crippen LogP contribution in [0.3, 0.4) is 0 Å². The zero-order valence-corrected chi connectivity index (χ0v) is 17.6. The summed E-state index contributed by atoms with van der Waals surface area (Å²) >= 11 is 6.05. The third-order valence-corrected chi connectivity index (χ3v) is 5.84. The molecule has 0 bridgehead atoms. The van der Waals surface area contributed by atoms with E-state index in [2.05, 4.69) is 0 Å². The predicted molar refractivity (Wildman–Crippen MR) is 112 cm³/mol. The van der Waals surface area contributed by atoms with E-state index in [1.165, 1.54) is 7.11 Å². The minimum atomic E-state index is -0.734. The van der Waals surface area contributed by atoms with Crippen LogP contribution in [0, 0.1) is 6.92 Å². The maximum Gasteiger partial charge on any atom is 0.340 e. The smallest absolute Gasteiger partial charge is 0.340 e. The molecule has 2 atom stereocenters. The molecule has 2 aliphatic heterocycles. The summed E-state index contributed by atoms with van der Waals surface area (Å²) in [5.74, 6) is -1.12. The molecular formula is C22H23ClN2O5. The Kier molecular flexibility index (Phi) is 5.58. The number of benzene rings is 1. The minimum Gasteiger partial charge on any atom is -0.465 e. The SMILES string of the molecule is COC(=O)C1=C(N)Oc2cc(C)n(C[C@@H]3CCCO3)c(=O)c2[C@H]1c1ccc(Cl)cc1. The van der Waals surface area contributed by atoms with Gasteiger partial charge in [-0.25, -0.2) is 4.79 Å². The lowest BCUT2D eigenvalue weighted by Gasteiger charge is -2.29. The maximum atomic E-state index is 13.6. The summed E-state index contributed by atoms with van der Waals surface area (Å²) < 4.78 is 18.1. The second-order valence-electron chi connectivity index (χ2n) is 7.47. The van der Waals surface area contributed by atoms with Crippen LogP contribution >= 0.6 is 11.6 Å². The van der Waals surface area contributed by atoms with Gasteiger partial charge in [0, 0.05) is 23.4 Å². The quantitative estimate of drug-likeness (QED) is 0.750. The van der Waals surface area contributed by atoms with Gasteiger partial charge >= 0.3 is 5.97 Å². The van der Waals surface area contributed by atoms with Crippen LogP contribution in [0.4, 0.5) is 0 Å². The van der Waals surface area contributed by atoms with Crippen LogP contribution in [0.1, 0.15) is 35.6 Å². The van der Waals surface area contributed by atoms with E-state index in [1.807, 2.05) is 6.92 Å². The van der Waals surface area contributed by atoms with Gasteiger partial charge in [-0.15, -0.1) is 0 Å². The lowest BCUT2D eigenvalue weighted by atomic mass is 9.83. The number of methoxy groups -OCH3 is 1. The number of hydrogen-bond acceptors (Lipinski definition) is 6. The molecule has 1 aromatic carbocycles. The molecule has 1 fully saturated rings. The number of halogens is 1. The Hall–Kier alpha value is -2.77. The zero-order chi connectivity index (χ0) is 21.4. The molecule has 1 saturated heterocycles. The molecular weight excluding hydrogens is 408 g/mol. The first-order valence-corrected chi connectivity index (χ1v) is 10.2. The average Bonchev–Trinajstić information content (AvgIpc) is 3.23. The largest absolute Gasteiger partial charge is 0.465 e. The van der Waals surface area contributed by atoms with Crippen LogP contribution < -0.4 is 16.0 Å². The number of ether oxygens (including phenoxy) is 3. The number of rotatable bonds is 4. The first kappa shape index (κ1) is 20.5. The zero-order valence-electron chi connectivity index (χ0n) is 16.8. The summed E-state index contributed by atoms with van der Waals surface area (Å²) in [5.41, 5.74) is 7.72. The van der Waals surface area contributed by atoms with E-state index >= 15 is 0 Å². The van der Waals surface area contributed by atoms with Gasteiger partial charge in [0.15, 0.2) is 0 Å². The Morgan fingerprint density at radius 2 is 2.07 bits per heavy atom. The monoisotopic (exact) mass is 430 g/mol. The Morgan fingerprint density at radius 1 is 1.33 bits per heavy atom. The highest BCUT2D eigenvalue weighted by atomic mass is 35.5. The Morgan fingerprint density at radius 3 is 2.70 bits per heavy atom. The summed E-state index contributed by atoms with van der Waals surface area (Å²) in [6.07, 6.45) is 1.87. The van der Waals surface area contributed by atoms with Gasteiger partial charge in [-0.1, -0.05) is 23.7 Å². The van der Waals surface area contributed by atoms with E-state index in [-0.39, 0.29) is 23.1 Å². The van der Waals surface area contributed by atoms with Gasteiger partial charge in [0.2, 0.25) is 5.88 Å². The number of carbonyl (C=O) groups excluding carboxylic acids is 1. The van der Waals surface area contributed by atoms with E-state index in [9.17, 15) is 9.59 Å². The van der Waals surface area contributed by atoms with Gasteiger partial charge in [0.25, 0.3) is 5.56 Å². The van der Waals surface area contributed by atoms with Crippen molar-refractivity contribution >= 4 is 17.6 Å². The van der Waals surface area contributed by atoms with Crippen LogP contribution in [0.15, 0.2) is 46.6 Å². The van der Waals surface area contributed by atoms with Crippen molar-refractivity contribution in [1.29, 1.82) is 0 Å². The number of pyridine rings is 1. The Bertz CT molecular complexity index is 1070. The van der Waals surface area contributed by atoms with Crippen LogP contribution in [0.2, 0.25) is 5.02 Å². The molecule has 7 nitrogen and oxygen atoms in total. The molecule has 2 aromatic rings. The van der Waals surface area contributed by atoms with E-state index in [0.717, 1.165) is 18.5 Å². The maximum absolute atomic E-state index is 13.6. The first-order valence-electron chi connectivity index (χ1n) is 9.78. The molecule has 0 saturated carbocycles. The number of aromatic nitrogens is 1. The fourth-order valence-corrected chi connectivity index (χ4v) is 4.23. The molecule has 3 heterocycles. The molecule has 0 spiro atoms. The normalized spacial score (nSPS) is 20.6. The van der Waals surface area contributed by atoms with Crippen molar-refractivity contribution in [2.24, 2.45) is 5.73 Å². The highest BCUT2D eigenvalue weighted by Crippen LogP contribution is 2.41. The highest BCUT2D eigenvalue weighted by Gasteiger charge is 2.38. The average molecular weight is 431 g/mol. The number of nitrogens with zero attached hydrogens (tertiary/aromatic N) is 1. The Labute approximate surface area is 179 Å². The molecule has 2 N–H and O–H groups in total. The number of fused-ring (bicyclic) bond motifs is 1. The number of esters is 1. The van der Waals surface area contributed by atoms with Crippen molar-refractivity contribution in [3.05, 3.63) is 74.0 Å². The van der Waals surface area contributed by atoms with Crippen molar-refractivity contribution in [2.45, 2.75) is 38.3 Å². The number of hydrogen-bond donors (Lipinski definition) is 1. The molecule has 8 heteroatoms. The lowest BCUT2D eigenvalue weighted by Crippen LogP contribution is -2.36. The molecule has 0 amide bonds. The summed E-state index contributed by atoms with van der Waals surface area (Å²) in [4.78, 5) is 26.2. The lowest BCUT2D eigenvalue weighted by molar-refractivity contribution is -0.136. The summed E-state index contributed by atoms with van der Waals surface area (Å²) in [6.45, 7) is 2.98. The molecule has 0 unspecified atom stereocenters.